The van der Waals surface area contributed by atoms with Crippen LogP contribution in [0.5, 0.6) is 0 Å². The number of aliphatic hydroxyl groups is 20. The number of allylic oxidation sites excluding steroid dienone is 2. The molecule has 11 fully saturated rings. The van der Waals surface area contributed by atoms with Crippen LogP contribution < -0.4 is 0 Å². The first kappa shape index (κ1) is 80.4. The molecule has 0 spiro atoms. The molecule has 103 heavy (non-hydrogen) atoms. The predicted molar refractivity (Wildman–Crippen MR) is 338 cm³/mol. The SMILES string of the molecule is C[C@@H]1O[C@H](O[C@@H]2[C@@H](OC(=O)[C@@]34CCC(C)(C)C[C@H]3C3=CC[C@H]5[C@@]6(C)C[C@@H](O)[C@@H](O[C@H]7O[C@@H](CO)[C@H](O)[C@@H](O[C@H]8O[C@@H](CO)[C@H](O)[C@@H](O)[C@@H]8O)[C@@H]7O)[C@](C)(CO)[C@H]6CC[C@@]5(C)[C@@]3(C)CC4)OC[C@H](O)[C@H]2O)[C@@H](O)[C@H](O[C@H]2OC[C@@](O)(CO)[C@@H]2O)[C@H]1O[C@H]1OC[C@H](O)[C@@H](O[C@H]2OC[C@@](O)(CO)[C@@H]2O)[C@@H]1O. The van der Waals surface area contributed by atoms with E-state index in [1.54, 1.807) is 6.92 Å². The van der Waals surface area contributed by atoms with Crippen molar-refractivity contribution in [2.45, 2.75) is 296 Å². The summed E-state index contributed by atoms with van der Waals surface area (Å²) in [5, 5.41) is 221. The smallest absolute Gasteiger partial charge is 0.315 e. The highest BCUT2D eigenvalue weighted by Gasteiger charge is 2.72. The van der Waals surface area contributed by atoms with E-state index in [2.05, 4.69) is 40.7 Å². The van der Waals surface area contributed by atoms with Crippen molar-refractivity contribution in [3.05, 3.63) is 11.6 Å². The maximum absolute atomic E-state index is 15.7. The molecule has 39 atom stereocenters. The predicted octanol–water partition coefficient (Wildman–Crippen LogP) is -7.03. The van der Waals surface area contributed by atoms with Crippen LogP contribution in [-0.2, 0) is 71.1 Å². The summed E-state index contributed by atoms with van der Waals surface area (Å²) in [5.74, 6) is -1.57. The topological polar surface area (TPSA) is 551 Å². The van der Waals surface area contributed by atoms with Crippen molar-refractivity contribution >= 4 is 5.97 Å². The van der Waals surface area contributed by atoms with Crippen molar-refractivity contribution in [1.29, 1.82) is 0 Å². The molecule has 35 heteroatoms. The molecule has 12 rings (SSSR count). The Kier molecular flexibility index (Phi) is 23.3. The third kappa shape index (κ3) is 13.6. The molecule has 7 aliphatic heterocycles. The average Bonchev–Trinajstić information content (AvgIpc) is 1.14. The lowest BCUT2D eigenvalue weighted by Crippen LogP contribution is -2.70. The van der Waals surface area contributed by atoms with Gasteiger partial charge in [-0.3, -0.25) is 4.79 Å². The minimum atomic E-state index is -2.24. The van der Waals surface area contributed by atoms with E-state index in [9.17, 15) is 102 Å². The molecule has 0 bridgehead atoms. The van der Waals surface area contributed by atoms with Crippen molar-refractivity contribution in [1.82, 2.24) is 0 Å². The average molecular weight is 1490 g/mol. The number of rotatable bonds is 19. The first-order valence-electron chi connectivity index (χ1n) is 36.0. The first-order chi connectivity index (χ1) is 48.4. The molecule has 0 unspecified atom stereocenters. The molecule has 20 N–H and O–H groups in total. The number of hydrogen-bond donors (Lipinski definition) is 20. The molecular formula is C68H110O35. The lowest BCUT2D eigenvalue weighted by atomic mass is 9.33. The van der Waals surface area contributed by atoms with Crippen LogP contribution in [0.2, 0.25) is 0 Å². The van der Waals surface area contributed by atoms with E-state index < -0.39 is 288 Å². The Hall–Kier alpha value is -2.11. The highest BCUT2D eigenvalue weighted by molar-refractivity contribution is 5.79. The zero-order valence-electron chi connectivity index (χ0n) is 58.8. The van der Waals surface area contributed by atoms with Gasteiger partial charge in [0.05, 0.1) is 83.2 Å². The van der Waals surface area contributed by atoms with Crippen molar-refractivity contribution in [2.24, 2.45) is 50.2 Å². The molecule has 7 heterocycles. The fourth-order valence-corrected chi connectivity index (χ4v) is 20.0. The molecule has 12 aliphatic rings. The van der Waals surface area contributed by atoms with Crippen molar-refractivity contribution in [2.75, 3.05) is 59.5 Å². The molecule has 4 saturated carbocycles. The third-order valence-corrected chi connectivity index (χ3v) is 26.5. The van der Waals surface area contributed by atoms with Gasteiger partial charge in [-0.25, -0.2) is 0 Å². The van der Waals surface area contributed by atoms with Crippen LogP contribution >= 0.6 is 0 Å². The molecule has 0 aromatic carbocycles. The van der Waals surface area contributed by atoms with Crippen molar-refractivity contribution in [3.63, 3.8) is 0 Å². The van der Waals surface area contributed by atoms with E-state index in [-0.39, 0.29) is 23.7 Å². The Morgan fingerprint density at radius 1 is 0.485 bits per heavy atom. The number of hydrogen-bond acceptors (Lipinski definition) is 35. The number of carbonyl (C=O) groups excluding carboxylic acids is 1. The van der Waals surface area contributed by atoms with Gasteiger partial charge in [0.1, 0.15) is 121 Å². The second kappa shape index (κ2) is 29.9. The van der Waals surface area contributed by atoms with Crippen molar-refractivity contribution in [3.8, 4) is 0 Å². The van der Waals surface area contributed by atoms with E-state index in [1.165, 1.54) is 6.92 Å². The fraction of sp³-hybridized carbons (Fsp3) is 0.956. The summed E-state index contributed by atoms with van der Waals surface area (Å²) < 4.78 is 83.7. The summed E-state index contributed by atoms with van der Waals surface area (Å²) in [6.45, 7) is 7.80. The van der Waals surface area contributed by atoms with E-state index in [1.807, 2.05) is 0 Å². The van der Waals surface area contributed by atoms with E-state index >= 15 is 4.79 Å². The van der Waals surface area contributed by atoms with Gasteiger partial charge in [0.15, 0.2) is 43.8 Å². The van der Waals surface area contributed by atoms with Crippen LogP contribution in [0.3, 0.4) is 0 Å². The van der Waals surface area contributed by atoms with Crippen LogP contribution in [0, 0.1) is 50.2 Å². The van der Waals surface area contributed by atoms with Crippen LogP contribution in [0.25, 0.3) is 0 Å². The number of fused-ring (bicyclic) bond motifs is 7. The first-order valence-corrected chi connectivity index (χ1v) is 36.0. The van der Waals surface area contributed by atoms with Crippen LogP contribution in [-0.4, -0.2) is 357 Å². The third-order valence-electron chi connectivity index (χ3n) is 26.5. The van der Waals surface area contributed by atoms with Gasteiger partial charge in [-0.15, -0.1) is 0 Å². The quantitative estimate of drug-likeness (QED) is 0.0325. The Labute approximate surface area is 594 Å². The minimum Gasteiger partial charge on any atom is -0.432 e. The zero-order valence-corrected chi connectivity index (χ0v) is 58.8. The molecule has 0 aromatic heterocycles. The molecule has 0 radical (unpaired) electrons. The van der Waals surface area contributed by atoms with Gasteiger partial charge < -0.3 is 168 Å². The number of ether oxygens (including phenoxy) is 14. The van der Waals surface area contributed by atoms with Gasteiger partial charge in [0.2, 0.25) is 6.29 Å². The van der Waals surface area contributed by atoms with Crippen molar-refractivity contribution < 1.29 is 173 Å². The summed E-state index contributed by atoms with van der Waals surface area (Å²) in [6.07, 6.45) is -43.4. The summed E-state index contributed by atoms with van der Waals surface area (Å²) in [7, 11) is 0. The maximum Gasteiger partial charge on any atom is 0.315 e. The number of aliphatic hydroxyl groups excluding tert-OH is 18. The lowest BCUT2D eigenvalue weighted by molar-refractivity contribution is -0.383. The van der Waals surface area contributed by atoms with E-state index in [4.69, 9.17) is 66.3 Å². The molecule has 7 saturated heterocycles. The number of carbonyl (C=O) groups is 1. The van der Waals surface area contributed by atoms with E-state index in [0.717, 1.165) is 5.57 Å². The second-order valence-electron chi connectivity index (χ2n) is 33.2. The molecule has 0 amide bonds. The van der Waals surface area contributed by atoms with Gasteiger partial charge >= 0.3 is 5.97 Å². The second-order valence-corrected chi connectivity index (χ2v) is 33.2. The maximum atomic E-state index is 15.7. The largest absolute Gasteiger partial charge is 0.432 e. The van der Waals surface area contributed by atoms with Gasteiger partial charge in [0, 0.05) is 5.41 Å². The Bertz CT molecular complexity index is 2960. The van der Waals surface area contributed by atoms with Gasteiger partial charge in [-0.05, 0) is 104 Å². The number of esters is 1. The fourth-order valence-electron chi connectivity index (χ4n) is 20.0. The Morgan fingerprint density at radius 2 is 1.02 bits per heavy atom. The van der Waals surface area contributed by atoms with Gasteiger partial charge in [0.25, 0.3) is 0 Å². The van der Waals surface area contributed by atoms with Crippen LogP contribution in [0.4, 0.5) is 0 Å². The van der Waals surface area contributed by atoms with Gasteiger partial charge in [-0.2, -0.15) is 0 Å². The summed E-state index contributed by atoms with van der Waals surface area (Å²) >= 11 is 0. The molecule has 592 valence electrons. The standard InChI is InChI=1S/C68H110O35/c1-27-45(97-53-42(82)46(32(76)21-90-53)98-58-50(85)67(88,23-72)25-92-58)48(100-59-51(86)68(89,24-73)26-93-59)44(84)55(94-27)101-49-37(77)31(75)20-91-57(49)103-60(87)66-14-12-61(2,3)16-29(66)28-8-9-36-62(4)17-30(74)52(63(5,22-71)35(62)10-11-65(36,7)64(28,6)13-15-66)102-56-43(83)47(39(79)34(19-70)96-56)99-54-41(81)40(80)38(78)33(18-69)95-54/h8,27,29-59,69-86,88-89H,9-26H2,1-7H3/t27-,29-,30+,31-,32-,33-,34-,35-,36-,37+,38-,39-,40+,41-,42-,43-,44-,45-,46+,47+,48-,49-,50+,51+,52+,53+,54+,55+,56+,57+,58+,59+,62-,63+,64-,65+,66+,67-,68-/m0/s1. The highest BCUT2D eigenvalue weighted by atomic mass is 16.8. The Balaban J connectivity index is 0.770. The van der Waals surface area contributed by atoms with E-state index in [0.29, 0.717) is 51.4 Å². The molecule has 5 aliphatic carbocycles. The van der Waals surface area contributed by atoms with Gasteiger partial charge in [-0.1, -0.05) is 53.2 Å². The molecule has 0 aromatic rings. The lowest BCUT2D eigenvalue weighted by Gasteiger charge is -2.72. The summed E-state index contributed by atoms with van der Waals surface area (Å²) in [5.41, 5.74) is -7.80. The Morgan fingerprint density at radius 3 is 1.63 bits per heavy atom. The van der Waals surface area contributed by atoms with Crippen LogP contribution in [0.1, 0.15) is 106 Å². The summed E-state index contributed by atoms with van der Waals surface area (Å²) in [6, 6.07) is 0. The summed E-state index contributed by atoms with van der Waals surface area (Å²) in [4.78, 5) is 15.7. The highest BCUT2D eigenvalue weighted by Crippen LogP contribution is 2.76. The monoisotopic (exact) mass is 1490 g/mol. The zero-order chi connectivity index (χ0) is 75.0. The molecular weight excluding hydrogens is 1380 g/mol. The molecule has 35 nitrogen and oxygen atoms in total. The minimum absolute atomic E-state index is 0.140. The normalized spacial score (nSPS) is 55.0. The van der Waals surface area contributed by atoms with Crippen LogP contribution in [0.15, 0.2) is 11.6 Å².